The van der Waals surface area contributed by atoms with Crippen LogP contribution in [0.25, 0.3) is 21.2 Å². The van der Waals surface area contributed by atoms with Crippen LogP contribution in [0.1, 0.15) is 10.6 Å². The number of thiazole rings is 1. The average Bonchev–Trinajstić information content (AvgIpc) is 2.98. The van der Waals surface area contributed by atoms with Crippen LogP contribution in [0.4, 0.5) is 4.39 Å². The van der Waals surface area contributed by atoms with Gasteiger partial charge in [-0.2, -0.15) is 4.99 Å². The summed E-state index contributed by atoms with van der Waals surface area (Å²) in [7, 11) is 0. The van der Waals surface area contributed by atoms with Crippen molar-refractivity contribution in [2.24, 2.45) is 4.99 Å². The number of nitrogens with zero attached hydrogens (tertiary/aromatic N) is 2. The molecule has 0 saturated carbocycles. The summed E-state index contributed by atoms with van der Waals surface area (Å²) in [6, 6.07) is 12.0. The summed E-state index contributed by atoms with van der Waals surface area (Å²) >= 11 is 1.13. The zero-order chi connectivity index (χ0) is 19.0. The van der Waals surface area contributed by atoms with Crippen LogP contribution in [-0.2, 0) is 6.54 Å². The van der Waals surface area contributed by atoms with Gasteiger partial charge in [-0.15, -0.1) is 6.42 Å². The van der Waals surface area contributed by atoms with E-state index in [1.54, 1.807) is 34.9 Å². The van der Waals surface area contributed by atoms with Gasteiger partial charge in [-0.1, -0.05) is 29.4 Å². The molecule has 0 unspecified atom stereocenters. The first-order valence-electron chi connectivity index (χ1n) is 7.91. The van der Waals surface area contributed by atoms with Gasteiger partial charge in [0.25, 0.3) is 0 Å². The van der Waals surface area contributed by atoms with E-state index < -0.39 is 11.7 Å². The Morgan fingerprint density at radius 1 is 1.26 bits per heavy atom. The predicted octanol–water partition coefficient (Wildman–Crippen LogP) is 3.32. The Labute approximate surface area is 156 Å². The van der Waals surface area contributed by atoms with Gasteiger partial charge < -0.3 is 8.98 Å². The lowest BCUT2D eigenvalue weighted by Crippen LogP contribution is -2.17. The molecule has 4 rings (SSSR count). The molecule has 0 aliphatic rings. The quantitative estimate of drug-likeness (QED) is 0.503. The van der Waals surface area contributed by atoms with E-state index in [0.29, 0.717) is 26.0 Å². The Morgan fingerprint density at radius 2 is 2.07 bits per heavy atom. The van der Waals surface area contributed by atoms with Crippen molar-refractivity contribution in [3.63, 3.8) is 0 Å². The van der Waals surface area contributed by atoms with Crippen molar-refractivity contribution >= 4 is 38.4 Å². The van der Waals surface area contributed by atoms with E-state index in [9.17, 15) is 14.0 Å². The number of hydrogen-bond donors (Lipinski definition) is 0. The minimum atomic E-state index is -0.712. The van der Waals surface area contributed by atoms with Crippen molar-refractivity contribution in [2.45, 2.75) is 6.54 Å². The Morgan fingerprint density at radius 3 is 2.89 bits per heavy atom. The van der Waals surface area contributed by atoms with Gasteiger partial charge in [0.05, 0.1) is 22.1 Å². The number of carbonyl (C=O) groups is 1. The fourth-order valence-electron chi connectivity index (χ4n) is 2.73. The maximum Gasteiger partial charge on any atom is 0.315 e. The van der Waals surface area contributed by atoms with Crippen molar-refractivity contribution in [1.29, 1.82) is 0 Å². The van der Waals surface area contributed by atoms with Crippen molar-refractivity contribution in [3.05, 3.63) is 75.1 Å². The number of aromatic nitrogens is 1. The molecule has 0 aliphatic carbocycles. The summed E-state index contributed by atoms with van der Waals surface area (Å²) in [5.41, 5.74) is 0.648. The first-order valence-corrected chi connectivity index (χ1v) is 8.73. The van der Waals surface area contributed by atoms with E-state index in [1.807, 2.05) is 0 Å². The molecule has 0 radical (unpaired) electrons. The lowest BCUT2D eigenvalue weighted by Gasteiger charge is -2.00. The third kappa shape index (κ3) is 3.07. The predicted molar refractivity (Wildman–Crippen MR) is 101 cm³/mol. The Kier molecular flexibility index (Phi) is 4.18. The maximum absolute atomic E-state index is 13.5. The van der Waals surface area contributed by atoms with Crippen LogP contribution >= 0.6 is 11.3 Å². The molecule has 0 saturated heterocycles. The lowest BCUT2D eigenvalue weighted by atomic mass is 10.2. The van der Waals surface area contributed by atoms with Crippen LogP contribution in [0.2, 0.25) is 0 Å². The minimum absolute atomic E-state index is 0.166. The van der Waals surface area contributed by atoms with Gasteiger partial charge in [-0.3, -0.25) is 9.59 Å². The van der Waals surface area contributed by atoms with Crippen LogP contribution in [0.15, 0.2) is 62.7 Å². The molecule has 0 N–H and O–H groups in total. The first kappa shape index (κ1) is 16.9. The van der Waals surface area contributed by atoms with E-state index in [-0.39, 0.29) is 17.7 Å². The third-order valence-electron chi connectivity index (χ3n) is 3.94. The molecule has 7 heteroatoms. The molecule has 0 bridgehead atoms. The Hall–Kier alpha value is -3.50. The van der Waals surface area contributed by atoms with E-state index in [1.165, 1.54) is 12.1 Å². The number of terminal acetylenes is 1. The number of fused-ring (bicyclic) bond motifs is 2. The molecular formula is C20H11FN2O3S. The van der Waals surface area contributed by atoms with Gasteiger partial charge in [0, 0.05) is 6.07 Å². The largest absolute Gasteiger partial charge is 0.451 e. The smallest absolute Gasteiger partial charge is 0.315 e. The highest BCUT2D eigenvalue weighted by Gasteiger charge is 2.13. The summed E-state index contributed by atoms with van der Waals surface area (Å²) in [5, 5.41) is 0.383. The standard InChI is InChI=1S/C20H11FN2O3S/c1-2-9-23-14-8-7-12(21)10-18(14)27-20(23)22-19(25)17-11-15(24)13-5-3-4-6-16(13)26-17/h1,3-8,10-11H,9H2. The van der Waals surface area contributed by atoms with Gasteiger partial charge in [0.15, 0.2) is 16.0 Å². The number of amides is 1. The van der Waals surface area contributed by atoms with E-state index in [4.69, 9.17) is 10.8 Å². The topological polar surface area (TPSA) is 64.6 Å². The molecule has 0 fully saturated rings. The molecule has 2 aromatic heterocycles. The van der Waals surface area contributed by atoms with Crippen LogP contribution in [0.5, 0.6) is 0 Å². The second-order valence-electron chi connectivity index (χ2n) is 5.67. The van der Waals surface area contributed by atoms with Crippen LogP contribution < -0.4 is 10.2 Å². The monoisotopic (exact) mass is 378 g/mol. The van der Waals surface area contributed by atoms with Crippen molar-refractivity contribution in [2.75, 3.05) is 0 Å². The molecule has 2 heterocycles. The molecule has 27 heavy (non-hydrogen) atoms. The molecule has 4 aromatic rings. The zero-order valence-electron chi connectivity index (χ0n) is 13.8. The summed E-state index contributed by atoms with van der Waals surface area (Å²) < 4.78 is 21.3. The SMILES string of the molecule is C#CCn1c(=NC(=O)c2cc(=O)c3ccccc3o2)sc2cc(F)ccc21. The second-order valence-corrected chi connectivity index (χ2v) is 6.68. The highest BCUT2D eigenvalue weighted by molar-refractivity contribution is 7.16. The third-order valence-corrected chi connectivity index (χ3v) is 4.98. The summed E-state index contributed by atoms with van der Waals surface area (Å²) in [6.07, 6.45) is 5.41. The van der Waals surface area contributed by atoms with Crippen LogP contribution in [0.3, 0.4) is 0 Å². The summed E-state index contributed by atoms with van der Waals surface area (Å²) in [5.74, 6) is 1.22. The van der Waals surface area contributed by atoms with Crippen molar-refractivity contribution in [1.82, 2.24) is 4.57 Å². The van der Waals surface area contributed by atoms with Gasteiger partial charge in [0.1, 0.15) is 11.4 Å². The molecule has 132 valence electrons. The highest BCUT2D eigenvalue weighted by atomic mass is 32.1. The molecule has 0 aliphatic heterocycles. The lowest BCUT2D eigenvalue weighted by molar-refractivity contribution is 0.0972. The van der Waals surface area contributed by atoms with E-state index in [2.05, 4.69) is 10.9 Å². The number of carbonyl (C=O) groups excluding carboxylic acids is 1. The highest BCUT2D eigenvalue weighted by Crippen LogP contribution is 2.19. The Bertz CT molecular complexity index is 1370. The second kappa shape index (κ2) is 6.67. The maximum atomic E-state index is 13.5. The number of benzene rings is 2. The molecular weight excluding hydrogens is 367 g/mol. The normalized spacial score (nSPS) is 11.8. The van der Waals surface area contributed by atoms with Crippen molar-refractivity contribution in [3.8, 4) is 12.3 Å². The number of hydrogen-bond acceptors (Lipinski definition) is 4. The molecule has 0 atom stereocenters. The van der Waals surface area contributed by atoms with Crippen LogP contribution in [0, 0.1) is 18.2 Å². The summed E-state index contributed by atoms with van der Waals surface area (Å²) in [6.45, 7) is 0.166. The first-order chi connectivity index (χ1) is 13.1. The molecule has 5 nitrogen and oxygen atoms in total. The molecule has 0 spiro atoms. The van der Waals surface area contributed by atoms with Crippen molar-refractivity contribution < 1.29 is 13.6 Å². The average molecular weight is 378 g/mol. The fourth-order valence-corrected chi connectivity index (χ4v) is 3.78. The number of para-hydroxylation sites is 1. The molecule has 1 amide bonds. The van der Waals surface area contributed by atoms with Gasteiger partial charge >= 0.3 is 5.91 Å². The fraction of sp³-hybridized carbons (Fsp3) is 0.0500. The van der Waals surface area contributed by atoms with E-state index >= 15 is 0 Å². The van der Waals surface area contributed by atoms with Crippen LogP contribution in [-0.4, -0.2) is 10.5 Å². The zero-order valence-corrected chi connectivity index (χ0v) is 14.6. The van der Waals surface area contributed by atoms with Gasteiger partial charge in [0.2, 0.25) is 0 Å². The summed E-state index contributed by atoms with van der Waals surface area (Å²) in [4.78, 5) is 29.1. The number of halogens is 1. The minimum Gasteiger partial charge on any atom is -0.451 e. The van der Waals surface area contributed by atoms with E-state index in [0.717, 1.165) is 17.4 Å². The van der Waals surface area contributed by atoms with Gasteiger partial charge in [-0.25, -0.2) is 4.39 Å². The number of rotatable bonds is 2. The Balaban J connectivity index is 1.88. The molecule has 2 aromatic carbocycles. The van der Waals surface area contributed by atoms with Gasteiger partial charge in [-0.05, 0) is 30.3 Å².